The Labute approximate surface area is 274 Å². The Morgan fingerprint density at radius 3 is 1.42 bits per heavy atom. The van der Waals surface area contributed by atoms with Crippen molar-refractivity contribution < 1.29 is 30.0 Å². The molecule has 0 spiro atoms. The number of nitrogens with two attached hydrogens (primary N) is 1. The van der Waals surface area contributed by atoms with Crippen LogP contribution in [-0.4, -0.2) is 76.0 Å². The van der Waals surface area contributed by atoms with Crippen molar-refractivity contribution in [3.63, 3.8) is 0 Å². The second-order valence-electron chi connectivity index (χ2n) is 11.2. The highest BCUT2D eigenvalue weighted by Gasteiger charge is 2.23. The molecule has 2 amide bonds. The van der Waals surface area contributed by atoms with Crippen LogP contribution in [0.3, 0.4) is 0 Å². The largest absolute Gasteiger partial charge is 0.383 e. The molecule has 0 aliphatic carbocycles. The third kappa shape index (κ3) is 17.0. The number of hydrogen-bond donors (Lipinski definition) is 9. The summed E-state index contributed by atoms with van der Waals surface area (Å²) >= 11 is 0. The van der Waals surface area contributed by atoms with Gasteiger partial charge in [0.05, 0.1) is 13.1 Å². The highest BCUT2D eigenvalue weighted by molar-refractivity contribution is 5.85. The van der Waals surface area contributed by atoms with E-state index in [4.69, 9.17) is 5.73 Å². The van der Waals surface area contributed by atoms with Gasteiger partial charge in [-0.05, 0) is 43.7 Å². The molecule has 2 aromatic rings. The van der Waals surface area contributed by atoms with E-state index in [0.29, 0.717) is 6.42 Å². The van der Waals surface area contributed by atoms with Crippen molar-refractivity contribution in [3.8, 4) is 0 Å². The lowest BCUT2D eigenvalue weighted by Gasteiger charge is -2.22. The number of aliphatic hydroxyl groups is 4. The molecule has 0 heterocycles. The maximum Gasteiger partial charge on any atom is 0.250 e. The number of aliphatic hydroxyl groups excluding tert-OH is 4. The quantitative estimate of drug-likeness (QED) is 0.109. The third-order valence-corrected chi connectivity index (χ3v) is 7.27. The molecule has 10 N–H and O–H groups in total. The van der Waals surface area contributed by atoms with E-state index in [-0.39, 0.29) is 43.5 Å². The Balaban J connectivity index is 0.000000842. The Kier molecular flexibility index (Phi) is 22.3. The van der Waals surface area contributed by atoms with E-state index in [1.54, 1.807) is 0 Å². The molecule has 256 valence electrons. The van der Waals surface area contributed by atoms with Gasteiger partial charge in [-0.2, -0.15) is 0 Å². The van der Waals surface area contributed by atoms with Gasteiger partial charge in [0.2, 0.25) is 5.91 Å². The summed E-state index contributed by atoms with van der Waals surface area (Å²) in [5.74, 6) is -1.08. The second-order valence-corrected chi connectivity index (χ2v) is 11.2. The van der Waals surface area contributed by atoms with Crippen LogP contribution in [0.1, 0.15) is 83.5 Å². The first kappa shape index (κ1) is 42.4. The lowest BCUT2D eigenvalue weighted by Crippen LogP contribution is -2.49. The van der Waals surface area contributed by atoms with Crippen molar-refractivity contribution in [3.05, 3.63) is 71.8 Å². The Hall–Kier alpha value is -2.61. The second kappa shape index (κ2) is 23.7. The predicted molar refractivity (Wildman–Crippen MR) is 180 cm³/mol. The predicted octanol–water partition coefficient (Wildman–Crippen LogP) is 2.25. The van der Waals surface area contributed by atoms with Gasteiger partial charge in [-0.15, -0.1) is 12.4 Å². The van der Waals surface area contributed by atoms with E-state index in [1.807, 2.05) is 95.3 Å². The summed E-state index contributed by atoms with van der Waals surface area (Å²) in [6.07, 6.45) is -0.978. The summed E-state index contributed by atoms with van der Waals surface area (Å²) in [4.78, 5) is 23.6. The van der Waals surface area contributed by atoms with Gasteiger partial charge >= 0.3 is 0 Å². The first-order chi connectivity index (χ1) is 20.9. The minimum Gasteiger partial charge on any atom is -0.383 e. The van der Waals surface area contributed by atoms with E-state index in [2.05, 4.69) is 21.3 Å². The van der Waals surface area contributed by atoms with E-state index >= 15 is 0 Å². The molecule has 12 heteroatoms. The number of hydrogen-bond acceptors (Lipinski definition) is 9. The summed E-state index contributed by atoms with van der Waals surface area (Å²) in [6.45, 7) is 9.73. The van der Waals surface area contributed by atoms with Crippen LogP contribution in [0.25, 0.3) is 0 Å². The average Bonchev–Trinajstić information content (AvgIpc) is 3.03. The molecular weight excluding hydrogens is 598 g/mol. The summed E-state index contributed by atoms with van der Waals surface area (Å²) in [5, 5.41) is 50.5. The average molecular weight is 654 g/mol. The topological polar surface area (TPSA) is 189 Å². The normalized spacial score (nSPS) is 16.2. The van der Waals surface area contributed by atoms with Gasteiger partial charge in [0.15, 0.2) is 0 Å². The van der Waals surface area contributed by atoms with Crippen LogP contribution in [0.2, 0.25) is 0 Å². The number of carbonyl (C=O) groups excluding carboxylic acids is 2. The van der Waals surface area contributed by atoms with E-state index in [1.165, 1.54) is 0 Å². The standard InChI is InChI=1S/C17H28N2O3.C16H27N3O3.ClH/c1-4-8-12(2)16(21)17(22)18-11-15(20)19-13(3)14-9-6-5-7-10-14;1-3-7-13(17)15(21)16(22)18-10-14(20)19-11(2)12-8-5-4-6-9-12;/h5-7,9-10,12-13,15-16,19-21H,4,8,11H2,1-3H3,(H,18,22);4-6,8-9,11,13-15,19-21H,3,7,10,17H2,1-2H3,(H,18,22);1H. The fraction of sp³-hybridized carbons (Fsp3) is 0.576. The molecule has 45 heavy (non-hydrogen) atoms. The molecule has 0 saturated heterocycles. The summed E-state index contributed by atoms with van der Waals surface area (Å²) < 4.78 is 0. The monoisotopic (exact) mass is 653 g/mol. The highest BCUT2D eigenvalue weighted by Crippen LogP contribution is 2.13. The molecule has 0 aromatic heterocycles. The first-order valence-electron chi connectivity index (χ1n) is 15.6. The fourth-order valence-electron chi connectivity index (χ4n) is 4.53. The van der Waals surface area contributed by atoms with E-state index in [0.717, 1.165) is 30.4 Å². The smallest absolute Gasteiger partial charge is 0.250 e. The third-order valence-electron chi connectivity index (χ3n) is 7.27. The van der Waals surface area contributed by atoms with Crippen LogP contribution < -0.4 is 27.0 Å². The van der Waals surface area contributed by atoms with Gasteiger partial charge in [0.1, 0.15) is 24.7 Å². The van der Waals surface area contributed by atoms with Gasteiger partial charge in [-0.1, -0.05) is 94.3 Å². The van der Waals surface area contributed by atoms with Gasteiger partial charge in [0.25, 0.3) is 5.91 Å². The summed E-state index contributed by atoms with van der Waals surface area (Å²) in [6, 6.07) is 18.8. The van der Waals surface area contributed by atoms with Crippen molar-refractivity contribution in [2.24, 2.45) is 11.7 Å². The molecule has 0 aliphatic heterocycles. The van der Waals surface area contributed by atoms with E-state index in [9.17, 15) is 30.0 Å². The summed E-state index contributed by atoms with van der Waals surface area (Å²) in [5.41, 5.74) is 7.80. The molecule has 8 unspecified atom stereocenters. The number of carbonyl (C=O) groups is 2. The molecule has 11 nitrogen and oxygen atoms in total. The molecular formula is C33H56ClN5O6. The molecule has 0 fully saturated rings. The molecule has 0 bridgehead atoms. The molecule has 2 aromatic carbocycles. The Bertz CT molecular complexity index is 971. The zero-order valence-corrected chi connectivity index (χ0v) is 28.0. The maximum absolute atomic E-state index is 11.8. The van der Waals surface area contributed by atoms with Crippen LogP contribution in [-0.2, 0) is 9.59 Å². The van der Waals surface area contributed by atoms with Crippen LogP contribution in [0.4, 0.5) is 0 Å². The zero-order chi connectivity index (χ0) is 33.1. The van der Waals surface area contributed by atoms with Crippen molar-refractivity contribution in [2.75, 3.05) is 13.1 Å². The first-order valence-corrected chi connectivity index (χ1v) is 15.6. The number of amides is 2. The highest BCUT2D eigenvalue weighted by atomic mass is 35.5. The van der Waals surface area contributed by atoms with Crippen molar-refractivity contribution >= 4 is 24.2 Å². The van der Waals surface area contributed by atoms with Crippen LogP contribution in [0.15, 0.2) is 60.7 Å². The fourth-order valence-corrected chi connectivity index (χ4v) is 4.53. The van der Waals surface area contributed by atoms with Crippen LogP contribution >= 0.6 is 12.4 Å². The Morgan fingerprint density at radius 1 is 0.667 bits per heavy atom. The van der Waals surface area contributed by atoms with Gasteiger partial charge in [0, 0.05) is 18.1 Å². The van der Waals surface area contributed by atoms with Gasteiger partial charge in [-0.25, -0.2) is 0 Å². The molecule has 8 atom stereocenters. The molecule has 0 radical (unpaired) electrons. The van der Waals surface area contributed by atoms with Crippen molar-refractivity contribution in [2.45, 2.75) is 103 Å². The lowest BCUT2D eigenvalue weighted by atomic mass is 9.99. The number of halogens is 1. The Morgan fingerprint density at radius 2 is 1.04 bits per heavy atom. The van der Waals surface area contributed by atoms with Gasteiger partial charge < -0.3 is 36.8 Å². The van der Waals surface area contributed by atoms with Crippen molar-refractivity contribution in [1.29, 1.82) is 0 Å². The minimum atomic E-state index is -1.25. The zero-order valence-electron chi connectivity index (χ0n) is 27.2. The SMILES string of the molecule is CCCC(C)C(O)C(=O)NCC(O)NC(C)c1ccccc1.CCCC(N)C(O)C(=O)NCC(O)NC(C)c1ccccc1.Cl. The maximum atomic E-state index is 11.8. The molecule has 0 saturated carbocycles. The number of nitrogens with one attached hydrogen (secondary N) is 4. The van der Waals surface area contributed by atoms with Crippen molar-refractivity contribution in [1.82, 2.24) is 21.3 Å². The van der Waals surface area contributed by atoms with Gasteiger partial charge in [-0.3, -0.25) is 20.2 Å². The van der Waals surface area contributed by atoms with Crippen LogP contribution in [0.5, 0.6) is 0 Å². The minimum absolute atomic E-state index is 0. The van der Waals surface area contributed by atoms with E-state index < -0.39 is 42.5 Å². The lowest BCUT2D eigenvalue weighted by molar-refractivity contribution is -0.132. The molecule has 0 aliphatic rings. The van der Waals surface area contributed by atoms with Crippen LogP contribution in [0, 0.1) is 5.92 Å². The molecule has 2 rings (SSSR count). The summed E-state index contributed by atoms with van der Waals surface area (Å²) in [7, 11) is 0. The number of rotatable bonds is 18. The number of benzene rings is 2.